The highest BCUT2D eigenvalue weighted by molar-refractivity contribution is 6.05. The largest absolute Gasteiger partial charge is 0.497 e. The third kappa shape index (κ3) is 3.28. The van der Waals surface area contributed by atoms with Crippen LogP contribution in [0.3, 0.4) is 0 Å². The maximum absolute atomic E-state index is 14.0. The van der Waals surface area contributed by atoms with E-state index in [0.29, 0.717) is 29.2 Å². The molecule has 1 unspecified atom stereocenters. The van der Waals surface area contributed by atoms with Crippen LogP contribution in [0.2, 0.25) is 0 Å². The van der Waals surface area contributed by atoms with Gasteiger partial charge in [0.05, 0.1) is 31.5 Å². The highest BCUT2D eigenvalue weighted by Gasteiger charge is 2.40. The number of ether oxygens (including phenoxy) is 2. The monoisotopic (exact) mass is 402 g/mol. The number of methoxy groups -OCH3 is 2. The average Bonchev–Trinajstić information content (AvgIpc) is 3.30. The number of fused-ring (bicyclic) bond motifs is 1. The molecule has 4 rings (SSSR count). The fraction of sp³-hybridized carbons (Fsp3) is 0.333. The number of anilines is 2. The van der Waals surface area contributed by atoms with Crippen molar-refractivity contribution in [2.24, 2.45) is 5.92 Å². The summed E-state index contributed by atoms with van der Waals surface area (Å²) in [6, 6.07) is 7.08. The number of carbonyl (C=O) groups is 2. The van der Waals surface area contributed by atoms with Crippen molar-refractivity contribution in [1.82, 2.24) is 0 Å². The Hall–Kier alpha value is -3.16. The second kappa shape index (κ2) is 7.35. The molecule has 152 valence electrons. The molecule has 1 atom stereocenters. The number of hydrogen-bond donors (Lipinski definition) is 0. The number of carbonyl (C=O) groups excluding carboxylic acids is 2. The number of nitrogens with zero attached hydrogens (tertiary/aromatic N) is 2. The molecule has 0 N–H and O–H groups in total. The molecule has 0 spiro atoms. The van der Waals surface area contributed by atoms with Gasteiger partial charge in [0.2, 0.25) is 11.8 Å². The first-order valence-corrected chi connectivity index (χ1v) is 9.24. The zero-order valence-corrected chi connectivity index (χ0v) is 16.1. The third-order valence-electron chi connectivity index (χ3n) is 5.43. The molecule has 2 amide bonds. The lowest BCUT2D eigenvalue weighted by atomic mass is 10.1. The zero-order chi connectivity index (χ0) is 20.7. The number of hydrogen-bond acceptors (Lipinski definition) is 4. The van der Waals surface area contributed by atoms with E-state index < -0.39 is 17.6 Å². The van der Waals surface area contributed by atoms with Gasteiger partial charge >= 0.3 is 0 Å². The molecule has 1 saturated heterocycles. The lowest BCUT2D eigenvalue weighted by Gasteiger charge is -2.23. The van der Waals surface area contributed by atoms with Crippen LogP contribution >= 0.6 is 0 Å². The number of amides is 2. The first-order chi connectivity index (χ1) is 13.9. The van der Waals surface area contributed by atoms with Gasteiger partial charge in [-0.25, -0.2) is 8.78 Å². The highest BCUT2D eigenvalue weighted by Crippen LogP contribution is 2.38. The van der Waals surface area contributed by atoms with Crippen LogP contribution in [0.5, 0.6) is 11.5 Å². The minimum absolute atomic E-state index is 0.0167. The summed E-state index contributed by atoms with van der Waals surface area (Å²) < 4.78 is 38.2. The van der Waals surface area contributed by atoms with E-state index >= 15 is 0 Å². The molecule has 6 nitrogen and oxygen atoms in total. The zero-order valence-electron chi connectivity index (χ0n) is 16.1. The van der Waals surface area contributed by atoms with Gasteiger partial charge in [0.25, 0.3) is 0 Å². The first kappa shape index (κ1) is 19.2. The van der Waals surface area contributed by atoms with E-state index in [1.54, 1.807) is 18.2 Å². The molecule has 2 aliphatic heterocycles. The predicted octanol–water partition coefficient (Wildman–Crippen LogP) is 2.92. The molecule has 2 aromatic carbocycles. The van der Waals surface area contributed by atoms with E-state index in [4.69, 9.17) is 9.47 Å². The SMILES string of the molecule is COc1ccc(OC)c(N2CC(C(=O)N3CCc4c(F)cc(F)cc43)CC2=O)c1. The summed E-state index contributed by atoms with van der Waals surface area (Å²) >= 11 is 0. The van der Waals surface area contributed by atoms with Gasteiger partial charge in [-0.05, 0) is 24.6 Å². The van der Waals surface area contributed by atoms with E-state index in [-0.39, 0.29) is 37.0 Å². The van der Waals surface area contributed by atoms with Gasteiger partial charge in [0.15, 0.2) is 0 Å². The Labute approximate surface area is 166 Å². The fourth-order valence-electron chi connectivity index (χ4n) is 3.99. The van der Waals surface area contributed by atoms with Crippen molar-refractivity contribution in [3.05, 3.63) is 47.5 Å². The van der Waals surface area contributed by atoms with Crippen molar-refractivity contribution in [2.45, 2.75) is 12.8 Å². The number of rotatable bonds is 4. The summed E-state index contributed by atoms with van der Waals surface area (Å²) in [6.07, 6.45) is 0.337. The molecule has 1 fully saturated rings. The molecular weight excluding hydrogens is 382 g/mol. The van der Waals surface area contributed by atoms with Crippen LogP contribution in [-0.4, -0.2) is 39.1 Å². The van der Waals surface area contributed by atoms with Crippen molar-refractivity contribution in [3.8, 4) is 11.5 Å². The Kier molecular flexibility index (Phi) is 4.86. The Bertz CT molecular complexity index is 995. The van der Waals surface area contributed by atoms with Crippen molar-refractivity contribution in [2.75, 3.05) is 37.1 Å². The lowest BCUT2D eigenvalue weighted by Crippen LogP contribution is -2.36. The molecule has 8 heteroatoms. The normalized spacial score (nSPS) is 18.2. The van der Waals surface area contributed by atoms with Gasteiger partial charge in [-0.1, -0.05) is 0 Å². The quantitative estimate of drug-likeness (QED) is 0.789. The van der Waals surface area contributed by atoms with Crippen LogP contribution in [0.1, 0.15) is 12.0 Å². The van der Waals surface area contributed by atoms with Gasteiger partial charge in [0.1, 0.15) is 23.1 Å². The fourth-order valence-corrected chi connectivity index (χ4v) is 3.99. The number of halogens is 2. The standard InChI is InChI=1S/C21H20F2N2O4/c1-28-14-3-4-19(29-2)18(10-14)25-11-12(7-20(25)26)21(27)24-6-5-15-16(23)8-13(22)9-17(15)24/h3-4,8-10,12H,5-7,11H2,1-2H3. The predicted molar refractivity (Wildman–Crippen MR) is 102 cm³/mol. The molecular formula is C21H20F2N2O4. The molecule has 2 aliphatic rings. The summed E-state index contributed by atoms with van der Waals surface area (Å²) in [5, 5.41) is 0. The minimum Gasteiger partial charge on any atom is -0.497 e. The molecule has 0 radical (unpaired) electrons. The summed E-state index contributed by atoms with van der Waals surface area (Å²) in [4.78, 5) is 28.6. The van der Waals surface area contributed by atoms with Crippen molar-refractivity contribution in [1.29, 1.82) is 0 Å². The molecule has 0 bridgehead atoms. The van der Waals surface area contributed by atoms with Crippen molar-refractivity contribution >= 4 is 23.2 Å². The van der Waals surface area contributed by atoms with Gasteiger partial charge in [-0.15, -0.1) is 0 Å². The highest BCUT2D eigenvalue weighted by atomic mass is 19.1. The lowest BCUT2D eigenvalue weighted by molar-refractivity contribution is -0.124. The van der Waals surface area contributed by atoms with E-state index in [0.717, 1.165) is 6.07 Å². The van der Waals surface area contributed by atoms with Crippen LogP contribution in [0.15, 0.2) is 30.3 Å². The van der Waals surface area contributed by atoms with Gasteiger partial charge in [-0.3, -0.25) is 9.59 Å². The van der Waals surface area contributed by atoms with Crippen molar-refractivity contribution < 1.29 is 27.8 Å². The molecule has 29 heavy (non-hydrogen) atoms. The van der Waals surface area contributed by atoms with Gasteiger partial charge < -0.3 is 19.3 Å². The average molecular weight is 402 g/mol. The summed E-state index contributed by atoms with van der Waals surface area (Å²) in [5.41, 5.74) is 1.10. The third-order valence-corrected chi connectivity index (χ3v) is 5.43. The van der Waals surface area contributed by atoms with E-state index in [1.807, 2.05) is 0 Å². The topological polar surface area (TPSA) is 59.1 Å². The smallest absolute Gasteiger partial charge is 0.232 e. The minimum atomic E-state index is -0.730. The maximum atomic E-state index is 14.0. The first-order valence-electron chi connectivity index (χ1n) is 9.24. The second-order valence-corrected chi connectivity index (χ2v) is 7.07. The second-order valence-electron chi connectivity index (χ2n) is 7.07. The summed E-state index contributed by atoms with van der Waals surface area (Å²) in [7, 11) is 3.02. The van der Waals surface area contributed by atoms with Crippen LogP contribution < -0.4 is 19.3 Å². The molecule has 0 aliphatic carbocycles. The maximum Gasteiger partial charge on any atom is 0.232 e. The van der Waals surface area contributed by atoms with E-state index in [1.165, 1.54) is 30.1 Å². The van der Waals surface area contributed by atoms with E-state index in [9.17, 15) is 18.4 Å². The molecule has 0 aromatic heterocycles. The number of benzene rings is 2. The Morgan fingerprint density at radius 3 is 2.62 bits per heavy atom. The van der Waals surface area contributed by atoms with Crippen LogP contribution in [0.25, 0.3) is 0 Å². The summed E-state index contributed by atoms with van der Waals surface area (Å²) in [6.45, 7) is 0.423. The molecule has 2 aromatic rings. The Morgan fingerprint density at radius 2 is 1.90 bits per heavy atom. The summed E-state index contributed by atoms with van der Waals surface area (Å²) in [5.74, 6) is -1.49. The van der Waals surface area contributed by atoms with Crippen LogP contribution in [0.4, 0.5) is 20.2 Å². The Morgan fingerprint density at radius 1 is 1.10 bits per heavy atom. The molecule has 2 heterocycles. The van der Waals surface area contributed by atoms with Gasteiger partial charge in [-0.2, -0.15) is 0 Å². The molecule has 0 saturated carbocycles. The van der Waals surface area contributed by atoms with E-state index in [2.05, 4.69) is 0 Å². The Balaban J connectivity index is 1.59. The van der Waals surface area contributed by atoms with Crippen LogP contribution in [0, 0.1) is 17.6 Å². The van der Waals surface area contributed by atoms with Crippen LogP contribution in [-0.2, 0) is 16.0 Å². The van der Waals surface area contributed by atoms with Gasteiger partial charge in [0, 0.05) is 37.2 Å². The van der Waals surface area contributed by atoms with Crippen molar-refractivity contribution in [3.63, 3.8) is 0 Å².